The van der Waals surface area contributed by atoms with E-state index in [1.807, 2.05) is 6.92 Å². The maximum atomic E-state index is 12.3. The zero-order valence-electron chi connectivity index (χ0n) is 13.1. The van der Waals surface area contributed by atoms with Gasteiger partial charge in [0.15, 0.2) is 11.5 Å². The van der Waals surface area contributed by atoms with Gasteiger partial charge in [0, 0.05) is 12.1 Å². The van der Waals surface area contributed by atoms with Crippen LogP contribution in [0.1, 0.15) is 30.1 Å². The smallest absolute Gasteiger partial charge is 0.251 e. The minimum atomic E-state index is -0.0898. The molecule has 122 valence electrons. The number of methoxy groups -OCH3 is 1. The van der Waals surface area contributed by atoms with Gasteiger partial charge in [0.25, 0.3) is 5.91 Å². The van der Waals surface area contributed by atoms with Gasteiger partial charge in [-0.1, -0.05) is 0 Å². The van der Waals surface area contributed by atoms with Crippen molar-refractivity contribution in [3.05, 3.63) is 22.2 Å². The molecule has 6 heteroatoms. The number of ether oxygens (including phenoxy) is 2. The van der Waals surface area contributed by atoms with Crippen LogP contribution in [-0.2, 0) is 0 Å². The molecule has 1 aromatic rings. The van der Waals surface area contributed by atoms with E-state index in [9.17, 15) is 4.79 Å². The molecule has 0 radical (unpaired) electrons. The molecule has 2 N–H and O–H groups in total. The molecule has 22 heavy (non-hydrogen) atoms. The number of amides is 1. The van der Waals surface area contributed by atoms with Gasteiger partial charge in [0.2, 0.25) is 0 Å². The highest BCUT2D eigenvalue weighted by atomic mass is 79.9. The van der Waals surface area contributed by atoms with E-state index in [1.165, 1.54) is 6.42 Å². The summed E-state index contributed by atoms with van der Waals surface area (Å²) in [6.45, 7) is 5.28. The van der Waals surface area contributed by atoms with Crippen LogP contribution in [0.15, 0.2) is 16.6 Å². The van der Waals surface area contributed by atoms with Crippen LogP contribution in [0.3, 0.4) is 0 Å². The molecule has 1 amide bonds. The minimum Gasteiger partial charge on any atom is -0.493 e. The van der Waals surface area contributed by atoms with Crippen molar-refractivity contribution in [2.24, 2.45) is 5.92 Å². The van der Waals surface area contributed by atoms with Gasteiger partial charge in [-0.2, -0.15) is 0 Å². The summed E-state index contributed by atoms with van der Waals surface area (Å²) in [5.41, 5.74) is 0.566. The lowest BCUT2D eigenvalue weighted by Gasteiger charge is -2.14. The van der Waals surface area contributed by atoms with E-state index in [0.717, 1.165) is 24.0 Å². The molecular formula is C16H23BrN2O3. The second kappa shape index (κ2) is 8.39. The topological polar surface area (TPSA) is 59.6 Å². The molecule has 1 saturated heterocycles. The molecule has 0 bridgehead atoms. The normalized spacial score (nSPS) is 17.3. The quantitative estimate of drug-likeness (QED) is 0.774. The summed E-state index contributed by atoms with van der Waals surface area (Å²) in [5, 5.41) is 6.31. The fraction of sp³-hybridized carbons (Fsp3) is 0.562. The Balaban J connectivity index is 1.97. The molecule has 2 rings (SSSR count). The molecule has 5 nitrogen and oxygen atoms in total. The Labute approximate surface area is 139 Å². The van der Waals surface area contributed by atoms with Crippen molar-refractivity contribution in [3.8, 4) is 11.5 Å². The summed E-state index contributed by atoms with van der Waals surface area (Å²) < 4.78 is 11.6. The molecule has 1 aliphatic heterocycles. The number of benzene rings is 1. The highest BCUT2D eigenvalue weighted by Crippen LogP contribution is 2.36. The van der Waals surface area contributed by atoms with Crippen molar-refractivity contribution in [1.29, 1.82) is 0 Å². The summed E-state index contributed by atoms with van der Waals surface area (Å²) in [5.74, 6) is 1.76. The number of rotatable bonds is 7. The second-order valence-corrected chi connectivity index (χ2v) is 6.18. The molecule has 0 aromatic heterocycles. The Morgan fingerprint density at radius 3 is 2.95 bits per heavy atom. The highest BCUT2D eigenvalue weighted by molar-refractivity contribution is 9.10. The van der Waals surface area contributed by atoms with Crippen molar-refractivity contribution in [2.75, 3.05) is 33.4 Å². The molecule has 1 fully saturated rings. The number of halogens is 1. The van der Waals surface area contributed by atoms with Gasteiger partial charge >= 0.3 is 0 Å². The lowest BCUT2D eigenvalue weighted by molar-refractivity contribution is 0.0951. The first-order valence-electron chi connectivity index (χ1n) is 7.65. The lowest BCUT2D eigenvalue weighted by atomic mass is 10.1. The Kier molecular flexibility index (Phi) is 6.51. The van der Waals surface area contributed by atoms with Crippen molar-refractivity contribution in [2.45, 2.75) is 19.8 Å². The van der Waals surface area contributed by atoms with Crippen molar-refractivity contribution >= 4 is 21.8 Å². The lowest BCUT2D eigenvalue weighted by Crippen LogP contribution is -2.26. The average molecular weight is 371 g/mol. The fourth-order valence-corrected chi connectivity index (χ4v) is 3.14. The van der Waals surface area contributed by atoms with E-state index in [-0.39, 0.29) is 5.91 Å². The third-order valence-corrected chi connectivity index (χ3v) is 4.37. The van der Waals surface area contributed by atoms with Crippen LogP contribution in [0.4, 0.5) is 0 Å². The minimum absolute atomic E-state index is 0.0898. The van der Waals surface area contributed by atoms with Gasteiger partial charge in [0.05, 0.1) is 18.2 Å². The van der Waals surface area contributed by atoms with Crippen LogP contribution in [-0.4, -0.2) is 39.3 Å². The first kappa shape index (κ1) is 17.1. The molecule has 0 saturated carbocycles. The SMILES string of the molecule is CCOc1c(Br)cc(C(=O)NCCC2CCNC2)cc1OC. The van der Waals surface area contributed by atoms with Gasteiger partial charge in [0.1, 0.15) is 0 Å². The third kappa shape index (κ3) is 4.36. The first-order valence-corrected chi connectivity index (χ1v) is 8.44. The van der Waals surface area contributed by atoms with Crippen molar-refractivity contribution in [1.82, 2.24) is 10.6 Å². The fourth-order valence-electron chi connectivity index (χ4n) is 2.59. The maximum Gasteiger partial charge on any atom is 0.251 e. The number of nitrogens with one attached hydrogen (secondary N) is 2. The largest absolute Gasteiger partial charge is 0.493 e. The zero-order valence-corrected chi connectivity index (χ0v) is 14.7. The predicted molar refractivity (Wildman–Crippen MR) is 89.8 cm³/mol. The van der Waals surface area contributed by atoms with Crippen LogP contribution in [0.2, 0.25) is 0 Å². The van der Waals surface area contributed by atoms with E-state index in [4.69, 9.17) is 9.47 Å². The maximum absolute atomic E-state index is 12.3. The molecular weight excluding hydrogens is 348 g/mol. The number of hydrogen-bond acceptors (Lipinski definition) is 4. The van der Waals surface area contributed by atoms with E-state index in [0.29, 0.717) is 36.1 Å². The Bertz CT molecular complexity index is 516. The number of hydrogen-bond donors (Lipinski definition) is 2. The summed E-state index contributed by atoms with van der Waals surface area (Å²) in [6, 6.07) is 3.47. The number of carbonyl (C=O) groups excluding carboxylic acids is 1. The van der Waals surface area contributed by atoms with Crippen molar-refractivity contribution < 1.29 is 14.3 Å². The van der Waals surface area contributed by atoms with Crippen LogP contribution < -0.4 is 20.1 Å². The molecule has 1 aliphatic rings. The Hall–Kier alpha value is -1.27. The van der Waals surface area contributed by atoms with Gasteiger partial charge in [-0.25, -0.2) is 0 Å². The molecule has 1 unspecified atom stereocenters. The summed E-state index contributed by atoms with van der Waals surface area (Å²) in [6.07, 6.45) is 2.20. The Morgan fingerprint density at radius 2 is 2.32 bits per heavy atom. The van der Waals surface area contributed by atoms with Gasteiger partial charge in [-0.15, -0.1) is 0 Å². The van der Waals surface area contributed by atoms with E-state index >= 15 is 0 Å². The summed E-state index contributed by atoms with van der Waals surface area (Å²) in [7, 11) is 1.57. The summed E-state index contributed by atoms with van der Waals surface area (Å²) in [4.78, 5) is 12.3. The van der Waals surface area contributed by atoms with E-state index in [1.54, 1.807) is 19.2 Å². The molecule has 0 aliphatic carbocycles. The standard InChI is InChI=1S/C16H23BrN2O3/c1-3-22-15-13(17)8-12(9-14(15)21-2)16(20)19-7-5-11-4-6-18-10-11/h8-9,11,18H,3-7,10H2,1-2H3,(H,19,20). The first-order chi connectivity index (χ1) is 10.7. The van der Waals surface area contributed by atoms with Crippen molar-refractivity contribution in [3.63, 3.8) is 0 Å². The predicted octanol–water partition coefficient (Wildman–Crippen LogP) is 2.59. The zero-order chi connectivity index (χ0) is 15.9. The van der Waals surface area contributed by atoms with Gasteiger partial charge in [-0.3, -0.25) is 4.79 Å². The molecule has 1 heterocycles. The van der Waals surface area contributed by atoms with Gasteiger partial charge in [-0.05, 0) is 66.8 Å². The van der Waals surface area contributed by atoms with Crippen LogP contribution in [0.25, 0.3) is 0 Å². The van der Waals surface area contributed by atoms with E-state index < -0.39 is 0 Å². The van der Waals surface area contributed by atoms with E-state index in [2.05, 4.69) is 26.6 Å². The van der Waals surface area contributed by atoms with Crippen LogP contribution in [0, 0.1) is 5.92 Å². The second-order valence-electron chi connectivity index (χ2n) is 5.33. The van der Waals surface area contributed by atoms with Gasteiger partial charge < -0.3 is 20.1 Å². The monoisotopic (exact) mass is 370 g/mol. The average Bonchev–Trinajstić information content (AvgIpc) is 3.02. The highest BCUT2D eigenvalue weighted by Gasteiger charge is 2.17. The number of carbonyl (C=O) groups is 1. The molecule has 1 aromatic carbocycles. The third-order valence-electron chi connectivity index (χ3n) is 3.78. The van der Waals surface area contributed by atoms with Crippen LogP contribution in [0.5, 0.6) is 11.5 Å². The molecule has 0 spiro atoms. The molecule has 1 atom stereocenters. The summed E-state index contributed by atoms with van der Waals surface area (Å²) >= 11 is 3.44. The van der Waals surface area contributed by atoms with Crippen LogP contribution >= 0.6 is 15.9 Å². The Morgan fingerprint density at radius 1 is 1.50 bits per heavy atom.